The van der Waals surface area contributed by atoms with Crippen molar-refractivity contribution in [2.75, 3.05) is 18.0 Å². The molecule has 5 nitrogen and oxygen atoms in total. The van der Waals surface area contributed by atoms with E-state index in [2.05, 4.69) is 28.1 Å². The second kappa shape index (κ2) is 7.89. The molecule has 0 bridgehead atoms. The molecule has 0 atom stereocenters. The number of fused-ring (bicyclic) bond motifs is 1. The van der Waals surface area contributed by atoms with Gasteiger partial charge in [-0.15, -0.1) is 0 Å². The van der Waals surface area contributed by atoms with E-state index >= 15 is 0 Å². The molecule has 1 saturated heterocycles. The van der Waals surface area contributed by atoms with Crippen LogP contribution in [0, 0.1) is 20.8 Å². The molecule has 2 aliphatic rings. The van der Waals surface area contributed by atoms with Crippen molar-refractivity contribution in [2.24, 2.45) is 0 Å². The number of aryl methyl sites for hydroxylation is 2. The Morgan fingerprint density at radius 1 is 1.03 bits per heavy atom. The number of aromatic nitrogens is 2. The Bertz CT molecular complexity index is 1200. The first-order valence-electron chi connectivity index (χ1n) is 11.0. The van der Waals surface area contributed by atoms with Crippen molar-refractivity contribution < 1.29 is 9.53 Å². The number of hydrogen-bond acceptors (Lipinski definition) is 5. The molecule has 164 valence electrons. The number of carbonyl (C=O) groups is 1. The highest BCUT2D eigenvalue weighted by molar-refractivity contribution is 6.32. The fraction of sp³-hybridized carbons (Fsp3) is 0.346. The minimum Gasteiger partial charge on any atom is -0.486 e. The summed E-state index contributed by atoms with van der Waals surface area (Å²) < 4.78 is 6.51. The Morgan fingerprint density at radius 3 is 2.47 bits per heavy atom. The summed E-state index contributed by atoms with van der Waals surface area (Å²) in [4.78, 5) is 24.7. The van der Waals surface area contributed by atoms with Crippen LogP contribution in [-0.2, 0) is 0 Å². The Morgan fingerprint density at radius 2 is 1.75 bits per heavy atom. The molecule has 0 unspecified atom stereocenters. The lowest BCUT2D eigenvalue weighted by Gasteiger charge is -2.44. The molecular formula is C26H26ClN3O2. The van der Waals surface area contributed by atoms with Crippen LogP contribution in [-0.4, -0.2) is 34.4 Å². The Hall–Kier alpha value is -2.92. The van der Waals surface area contributed by atoms with Crippen LogP contribution in [0.15, 0.2) is 42.5 Å². The summed E-state index contributed by atoms with van der Waals surface area (Å²) in [5, 5.41) is 0.653. The quantitative estimate of drug-likeness (QED) is 0.502. The molecule has 1 fully saturated rings. The van der Waals surface area contributed by atoms with E-state index in [1.54, 1.807) is 0 Å². The molecule has 32 heavy (non-hydrogen) atoms. The summed E-state index contributed by atoms with van der Waals surface area (Å²) in [5.74, 6) is 2.48. The maximum absolute atomic E-state index is 13.1. The van der Waals surface area contributed by atoms with Crippen LogP contribution in [0.2, 0.25) is 5.02 Å². The Balaban J connectivity index is 1.38. The summed E-state index contributed by atoms with van der Waals surface area (Å²) in [6, 6.07) is 14.1. The molecule has 0 N–H and O–H groups in total. The van der Waals surface area contributed by atoms with Crippen molar-refractivity contribution in [3.05, 3.63) is 70.0 Å². The minimum absolute atomic E-state index is 0.128. The van der Waals surface area contributed by atoms with Gasteiger partial charge in [0.15, 0.2) is 5.78 Å². The van der Waals surface area contributed by atoms with E-state index in [0.29, 0.717) is 22.8 Å². The van der Waals surface area contributed by atoms with Gasteiger partial charge in [-0.05, 0) is 38.0 Å². The summed E-state index contributed by atoms with van der Waals surface area (Å²) in [5.41, 5.74) is 3.95. The van der Waals surface area contributed by atoms with Gasteiger partial charge in [-0.2, -0.15) is 0 Å². The lowest BCUT2D eigenvalue weighted by Crippen LogP contribution is -2.51. The summed E-state index contributed by atoms with van der Waals surface area (Å²) >= 11 is 6.39. The number of hydrogen-bond donors (Lipinski definition) is 0. The molecule has 2 aromatic carbocycles. The van der Waals surface area contributed by atoms with Crippen LogP contribution in [0.5, 0.6) is 5.75 Å². The largest absolute Gasteiger partial charge is 0.486 e. The van der Waals surface area contributed by atoms with Crippen LogP contribution < -0.4 is 9.64 Å². The molecule has 3 heterocycles. The topological polar surface area (TPSA) is 55.3 Å². The van der Waals surface area contributed by atoms with Gasteiger partial charge in [0.05, 0.1) is 17.7 Å². The molecule has 1 aromatic heterocycles. The zero-order valence-corrected chi connectivity index (χ0v) is 19.4. The van der Waals surface area contributed by atoms with Crippen molar-refractivity contribution in [1.82, 2.24) is 9.97 Å². The number of piperidine rings is 1. The smallest absolute Gasteiger partial charge is 0.170 e. The van der Waals surface area contributed by atoms with Crippen LogP contribution in [0.4, 0.5) is 5.82 Å². The number of Topliss-reactive ketones (excluding diaryl/α,β-unsaturated/α-hetero) is 1. The van der Waals surface area contributed by atoms with E-state index in [0.717, 1.165) is 60.0 Å². The average molecular weight is 448 g/mol. The number of ether oxygens (including phenoxy) is 1. The SMILES string of the molecule is Cc1nc(-c2ccccc2)cc(N2CCC3(CC2)CC(=O)c2c(cc(C)c(Cl)c2C)O3)n1. The van der Waals surface area contributed by atoms with E-state index in [4.69, 9.17) is 21.3 Å². The van der Waals surface area contributed by atoms with Gasteiger partial charge in [-0.1, -0.05) is 41.9 Å². The maximum Gasteiger partial charge on any atom is 0.170 e. The third kappa shape index (κ3) is 3.65. The summed E-state index contributed by atoms with van der Waals surface area (Å²) in [7, 11) is 0. The second-order valence-corrected chi connectivity index (χ2v) is 9.28. The fourth-order valence-electron chi connectivity index (χ4n) is 4.89. The van der Waals surface area contributed by atoms with Gasteiger partial charge in [0.25, 0.3) is 0 Å². The van der Waals surface area contributed by atoms with Crippen LogP contribution >= 0.6 is 11.6 Å². The second-order valence-electron chi connectivity index (χ2n) is 8.90. The normalized spacial score (nSPS) is 17.2. The lowest BCUT2D eigenvalue weighted by atomic mass is 9.81. The summed E-state index contributed by atoms with van der Waals surface area (Å²) in [6.07, 6.45) is 1.93. The van der Waals surface area contributed by atoms with Gasteiger partial charge < -0.3 is 9.64 Å². The number of benzene rings is 2. The molecule has 0 saturated carbocycles. The third-order valence-corrected chi connectivity index (χ3v) is 7.21. The molecular weight excluding hydrogens is 422 g/mol. The Kier molecular flexibility index (Phi) is 5.17. The third-order valence-electron chi connectivity index (χ3n) is 6.63. The van der Waals surface area contributed by atoms with Gasteiger partial charge in [-0.25, -0.2) is 9.97 Å². The van der Waals surface area contributed by atoms with Crippen molar-refractivity contribution in [2.45, 2.75) is 45.6 Å². The van der Waals surface area contributed by atoms with Gasteiger partial charge in [0.1, 0.15) is 23.0 Å². The average Bonchev–Trinajstić information content (AvgIpc) is 2.78. The molecule has 2 aliphatic heterocycles. The van der Waals surface area contributed by atoms with E-state index in [9.17, 15) is 4.79 Å². The van der Waals surface area contributed by atoms with E-state index in [1.807, 2.05) is 45.0 Å². The predicted octanol–water partition coefficient (Wildman–Crippen LogP) is 5.73. The first-order valence-corrected chi connectivity index (χ1v) is 11.4. The number of anilines is 1. The molecule has 0 aliphatic carbocycles. The summed E-state index contributed by atoms with van der Waals surface area (Å²) in [6.45, 7) is 7.33. The zero-order valence-electron chi connectivity index (χ0n) is 18.6. The molecule has 1 spiro atoms. The van der Waals surface area contributed by atoms with Gasteiger partial charge >= 0.3 is 0 Å². The number of halogens is 1. The van der Waals surface area contributed by atoms with Crippen molar-refractivity contribution in [3.63, 3.8) is 0 Å². The lowest BCUT2D eigenvalue weighted by molar-refractivity contribution is 0.0229. The molecule has 0 amide bonds. The van der Waals surface area contributed by atoms with Crippen molar-refractivity contribution in [3.8, 4) is 17.0 Å². The van der Waals surface area contributed by atoms with E-state index in [-0.39, 0.29) is 5.78 Å². The number of nitrogens with zero attached hydrogens (tertiary/aromatic N) is 3. The van der Waals surface area contributed by atoms with Crippen LogP contribution in [0.1, 0.15) is 46.6 Å². The van der Waals surface area contributed by atoms with Crippen LogP contribution in [0.3, 0.4) is 0 Å². The minimum atomic E-state index is -0.461. The van der Waals surface area contributed by atoms with Crippen LogP contribution in [0.25, 0.3) is 11.3 Å². The molecule has 0 radical (unpaired) electrons. The van der Waals surface area contributed by atoms with Gasteiger partial charge in [-0.3, -0.25) is 4.79 Å². The molecule has 5 rings (SSSR count). The maximum atomic E-state index is 13.1. The number of rotatable bonds is 2. The van der Waals surface area contributed by atoms with E-state index in [1.165, 1.54) is 0 Å². The highest BCUT2D eigenvalue weighted by Gasteiger charge is 2.44. The van der Waals surface area contributed by atoms with E-state index < -0.39 is 5.60 Å². The monoisotopic (exact) mass is 447 g/mol. The predicted molar refractivity (Wildman–Crippen MR) is 127 cm³/mol. The van der Waals surface area contributed by atoms with Gasteiger partial charge in [0, 0.05) is 42.6 Å². The van der Waals surface area contributed by atoms with Gasteiger partial charge in [0.2, 0.25) is 0 Å². The number of ketones is 1. The zero-order chi connectivity index (χ0) is 22.5. The first kappa shape index (κ1) is 21.0. The number of carbonyl (C=O) groups excluding carboxylic acids is 1. The molecule has 3 aromatic rings. The fourth-order valence-corrected chi connectivity index (χ4v) is 5.04. The van der Waals surface area contributed by atoms with Crippen molar-refractivity contribution >= 4 is 23.2 Å². The first-order chi connectivity index (χ1) is 15.3. The standard InChI is InChI=1S/C26H26ClN3O2/c1-16-13-22-24(17(2)25(16)27)21(31)15-26(32-22)9-11-30(12-10-26)23-14-20(28-18(3)29-23)19-7-5-4-6-8-19/h4-8,13-14H,9-12,15H2,1-3H3. The van der Waals surface area contributed by atoms with Crippen molar-refractivity contribution in [1.29, 1.82) is 0 Å². The highest BCUT2D eigenvalue weighted by Crippen LogP contribution is 2.43. The molecule has 6 heteroatoms. The highest BCUT2D eigenvalue weighted by atomic mass is 35.5. The Labute approximate surface area is 193 Å².